The van der Waals surface area contributed by atoms with Crippen molar-refractivity contribution in [2.45, 2.75) is 25.4 Å². The molecule has 0 saturated carbocycles. The Kier molecular flexibility index (Phi) is 3.69. The number of likely N-dealkylation sites (tertiary alicyclic amines) is 1. The summed E-state index contributed by atoms with van der Waals surface area (Å²) < 4.78 is 1.92. The summed E-state index contributed by atoms with van der Waals surface area (Å²) in [6, 6.07) is 12.5. The van der Waals surface area contributed by atoms with Gasteiger partial charge in [0.1, 0.15) is 6.54 Å². The minimum atomic E-state index is -0.297. The highest BCUT2D eigenvalue weighted by Crippen LogP contribution is 2.30. The van der Waals surface area contributed by atoms with E-state index < -0.39 is 0 Å². The molecular formula is C18H20N3O3+. The van der Waals surface area contributed by atoms with Crippen molar-refractivity contribution in [1.82, 2.24) is 4.57 Å². The molecule has 3 atom stereocenters. The fourth-order valence-corrected chi connectivity index (χ4v) is 4.37. The highest BCUT2D eigenvalue weighted by atomic mass is 16.6. The number of fused-ring (bicyclic) bond motifs is 4. The normalized spacial score (nSPS) is 25.1. The van der Waals surface area contributed by atoms with E-state index in [4.69, 9.17) is 0 Å². The van der Waals surface area contributed by atoms with E-state index >= 15 is 0 Å². The van der Waals surface area contributed by atoms with Crippen LogP contribution in [0.5, 0.6) is 0 Å². The van der Waals surface area contributed by atoms with E-state index in [1.165, 1.54) is 4.90 Å². The van der Waals surface area contributed by atoms with E-state index in [9.17, 15) is 14.9 Å². The zero-order chi connectivity index (χ0) is 16.7. The zero-order valence-electron chi connectivity index (χ0n) is 13.4. The van der Waals surface area contributed by atoms with E-state index in [0.717, 1.165) is 37.3 Å². The van der Waals surface area contributed by atoms with Crippen molar-refractivity contribution in [3.63, 3.8) is 0 Å². The van der Waals surface area contributed by atoms with Gasteiger partial charge >= 0.3 is 0 Å². The second kappa shape index (κ2) is 5.87. The lowest BCUT2D eigenvalue weighted by Crippen LogP contribution is -3.13. The van der Waals surface area contributed by atoms with Gasteiger partial charge in [0.25, 0.3) is 11.2 Å². The number of quaternary nitrogens is 1. The molecule has 0 aliphatic carbocycles. The van der Waals surface area contributed by atoms with Gasteiger partial charge in [-0.05, 0) is 18.6 Å². The maximum atomic E-state index is 12.1. The van der Waals surface area contributed by atoms with E-state index in [1.54, 1.807) is 18.2 Å². The average molecular weight is 326 g/mol. The molecule has 0 radical (unpaired) electrons. The number of hydrogen-bond donors (Lipinski definition) is 1. The van der Waals surface area contributed by atoms with Gasteiger partial charge in [-0.1, -0.05) is 18.2 Å². The Morgan fingerprint density at radius 1 is 1.17 bits per heavy atom. The number of hydrogen-bond acceptors (Lipinski definition) is 3. The molecule has 1 aromatic heterocycles. The van der Waals surface area contributed by atoms with Crippen LogP contribution in [0.1, 0.15) is 23.6 Å². The minimum Gasteiger partial charge on any atom is -0.330 e. The van der Waals surface area contributed by atoms with Crippen LogP contribution >= 0.6 is 0 Å². The Morgan fingerprint density at radius 2 is 2.00 bits per heavy atom. The summed E-state index contributed by atoms with van der Waals surface area (Å²) in [5, 5.41) is 11.2. The summed E-state index contributed by atoms with van der Waals surface area (Å²) in [5.74, 6) is 0.832. The number of pyridine rings is 1. The number of rotatable bonds is 3. The van der Waals surface area contributed by atoms with Gasteiger partial charge in [-0.15, -0.1) is 0 Å². The second-order valence-electron chi connectivity index (χ2n) is 6.92. The summed E-state index contributed by atoms with van der Waals surface area (Å²) in [7, 11) is 0. The predicted molar refractivity (Wildman–Crippen MR) is 89.0 cm³/mol. The molecule has 1 fully saturated rings. The maximum absolute atomic E-state index is 12.1. The first kappa shape index (κ1) is 15.1. The number of piperidine rings is 1. The Balaban J connectivity index is 1.59. The lowest BCUT2D eigenvalue weighted by Gasteiger charge is -2.40. The molecule has 1 saturated heterocycles. The molecule has 2 aromatic rings. The van der Waals surface area contributed by atoms with Crippen LogP contribution in [-0.2, 0) is 13.1 Å². The van der Waals surface area contributed by atoms with Crippen LogP contribution in [0.25, 0.3) is 0 Å². The fourth-order valence-electron chi connectivity index (χ4n) is 4.37. The van der Waals surface area contributed by atoms with Gasteiger partial charge in [-0.2, -0.15) is 0 Å². The van der Waals surface area contributed by atoms with Gasteiger partial charge in [0.05, 0.1) is 23.6 Å². The standard InChI is InChI=1S/C18H19N3O3/c22-18-7-3-6-16-15-8-13(10-20(16)18)9-19(12-15)11-14-4-1-2-5-17(14)21(23)24/h1-7,13,15H,8-12H2/p+1/t13-,15+/m1/s1. The fraction of sp³-hybridized carbons (Fsp3) is 0.389. The number of nitrogens with zero attached hydrogens (tertiary/aromatic N) is 2. The van der Waals surface area contributed by atoms with Crippen molar-refractivity contribution in [1.29, 1.82) is 0 Å². The van der Waals surface area contributed by atoms with Crippen molar-refractivity contribution in [2.75, 3.05) is 13.1 Å². The third-order valence-electron chi connectivity index (χ3n) is 5.30. The highest BCUT2D eigenvalue weighted by Gasteiger charge is 2.37. The Morgan fingerprint density at radius 3 is 2.83 bits per heavy atom. The Bertz CT molecular complexity index is 845. The molecule has 4 rings (SSSR count). The van der Waals surface area contributed by atoms with E-state index in [-0.39, 0.29) is 16.2 Å². The van der Waals surface area contributed by atoms with Crippen LogP contribution in [-0.4, -0.2) is 22.6 Å². The molecule has 1 N–H and O–H groups in total. The molecule has 2 aliphatic rings. The third kappa shape index (κ3) is 2.63. The molecule has 6 heteroatoms. The van der Waals surface area contributed by atoms with Gasteiger partial charge in [0, 0.05) is 36.2 Å². The summed E-state index contributed by atoms with van der Waals surface area (Å²) in [6.45, 7) is 3.32. The van der Waals surface area contributed by atoms with Gasteiger partial charge in [0.15, 0.2) is 0 Å². The van der Waals surface area contributed by atoms with Crippen LogP contribution < -0.4 is 10.5 Å². The number of benzene rings is 1. The van der Waals surface area contributed by atoms with E-state index in [2.05, 4.69) is 6.07 Å². The van der Waals surface area contributed by atoms with Crippen molar-refractivity contribution in [2.24, 2.45) is 5.92 Å². The number of nitro benzene ring substituents is 1. The number of para-hydroxylation sites is 1. The van der Waals surface area contributed by atoms with E-state index in [1.807, 2.05) is 22.8 Å². The van der Waals surface area contributed by atoms with Gasteiger partial charge in [0.2, 0.25) is 0 Å². The monoisotopic (exact) mass is 326 g/mol. The van der Waals surface area contributed by atoms with Crippen molar-refractivity contribution >= 4 is 5.69 Å². The predicted octanol–water partition coefficient (Wildman–Crippen LogP) is 0.959. The lowest BCUT2D eigenvalue weighted by atomic mass is 9.83. The number of nitro groups is 1. The van der Waals surface area contributed by atoms with Crippen LogP contribution in [0.4, 0.5) is 5.69 Å². The molecule has 6 nitrogen and oxygen atoms in total. The van der Waals surface area contributed by atoms with Crippen molar-refractivity contribution in [3.8, 4) is 0 Å². The minimum absolute atomic E-state index is 0.0874. The first-order chi connectivity index (χ1) is 11.6. The first-order valence-electron chi connectivity index (χ1n) is 8.37. The first-order valence-corrected chi connectivity index (χ1v) is 8.37. The Labute approximate surface area is 139 Å². The highest BCUT2D eigenvalue weighted by molar-refractivity contribution is 5.39. The molecule has 124 valence electrons. The third-order valence-corrected chi connectivity index (χ3v) is 5.30. The molecule has 24 heavy (non-hydrogen) atoms. The van der Waals surface area contributed by atoms with Gasteiger partial charge in [-0.25, -0.2) is 0 Å². The van der Waals surface area contributed by atoms with Crippen LogP contribution in [0.3, 0.4) is 0 Å². The van der Waals surface area contributed by atoms with Gasteiger partial charge < -0.3 is 9.47 Å². The molecular weight excluding hydrogens is 306 g/mol. The molecule has 0 amide bonds. The lowest BCUT2D eigenvalue weighted by molar-refractivity contribution is -0.924. The maximum Gasteiger partial charge on any atom is 0.278 e. The Hall–Kier alpha value is -2.47. The number of nitrogens with one attached hydrogen (secondary N) is 1. The molecule has 2 bridgehead atoms. The smallest absolute Gasteiger partial charge is 0.278 e. The summed E-state index contributed by atoms with van der Waals surface area (Å²) in [5.41, 5.74) is 2.21. The zero-order valence-corrected chi connectivity index (χ0v) is 13.4. The number of aromatic nitrogens is 1. The summed E-state index contributed by atoms with van der Waals surface area (Å²) in [6.07, 6.45) is 1.11. The van der Waals surface area contributed by atoms with Crippen LogP contribution in [0, 0.1) is 16.0 Å². The quantitative estimate of drug-likeness (QED) is 0.675. The van der Waals surface area contributed by atoms with Crippen LogP contribution in [0.2, 0.25) is 0 Å². The largest absolute Gasteiger partial charge is 0.330 e. The van der Waals surface area contributed by atoms with Gasteiger partial charge in [-0.3, -0.25) is 14.9 Å². The average Bonchev–Trinajstić information content (AvgIpc) is 2.56. The van der Waals surface area contributed by atoms with Crippen molar-refractivity contribution in [3.05, 3.63) is 74.2 Å². The van der Waals surface area contributed by atoms with E-state index in [0.29, 0.717) is 18.4 Å². The molecule has 0 spiro atoms. The topological polar surface area (TPSA) is 69.6 Å². The molecule has 1 unspecified atom stereocenters. The van der Waals surface area contributed by atoms with Crippen molar-refractivity contribution < 1.29 is 9.82 Å². The summed E-state index contributed by atoms with van der Waals surface area (Å²) in [4.78, 5) is 24.4. The second-order valence-corrected chi connectivity index (χ2v) is 6.92. The van der Waals surface area contributed by atoms with Crippen LogP contribution in [0.15, 0.2) is 47.3 Å². The molecule has 2 aliphatic heterocycles. The molecule has 3 heterocycles. The summed E-state index contributed by atoms with van der Waals surface area (Å²) >= 11 is 0. The molecule has 1 aromatic carbocycles. The SMILES string of the molecule is O=c1cccc2n1C[C@@H]1C[C@H]2C[NH+](Cc2ccccc2[N+](=O)[O-])C1.